The maximum Gasteiger partial charge on any atom is 0.263 e. The molecule has 0 atom stereocenters. The summed E-state index contributed by atoms with van der Waals surface area (Å²) in [5, 5.41) is 9.09. The summed E-state index contributed by atoms with van der Waals surface area (Å²) < 4.78 is 32.5. The van der Waals surface area contributed by atoms with Crippen LogP contribution in [-0.4, -0.2) is 18.6 Å². The number of pyridine rings is 1. The van der Waals surface area contributed by atoms with Gasteiger partial charge < -0.3 is 9.84 Å². The predicted octanol–water partition coefficient (Wildman–Crippen LogP) is 5.23. The van der Waals surface area contributed by atoms with E-state index in [4.69, 9.17) is 9.51 Å². The molecule has 2 N–H and O–H groups in total. The molecule has 31 heavy (non-hydrogen) atoms. The molecule has 5 rings (SSSR count). The lowest BCUT2D eigenvalue weighted by molar-refractivity contribution is 0.400. The standard InChI is InChI=1S/C23H18N4O3S/c1-15-14-22(26-30-15)27-31(28,29)17-12-10-16(11-13-17)24-23-18-6-2-4-8-20(18)25-21-9-5-3-7-19(21)23/h2-14H,1H3,(H,24,25)(H,26,27). The fourth-order valence-corrected chi connectivity index (χ4v) is 4.43. The fourth-order valence-electron chi connectivity index (χ4n) is 3.45. The first kappa shape index (κ1) is 19.1. The highest BCUT2D eigenvalue weighted by atomic mass is 32.2. The molecular weight excluding hydrogens is 412 g/mol. The SMILES string of the molecule is Cc1cc(NS(=O)(=O)c2ccc(Nc3c4ccccc4nc4ccccc34)cc2)no1. The number of nitrogens with zero attached hydrogens (tertiary/aromatic N) is 2. The van der Waals surface area contributed by atoms with Crippen molar-refractivity contribution in [2.75, 3.05) is 10.0 Å². The summed E-state index contributed by atoms with van der Waals surface area (Å²) >= 11 is 0. The molecule has 0 fully saturated rings. The van der Waals surface area contributed by atoms with Crippen LogP contribution in [0.2, 0.25) is 0 Å². The second-order valence-corrected chi connectivity index (χ2v) is 8.78. The van der Waals surface area contributed by atoms with E-state index in [0.717, 1.165) is 33.2 Å². The van der Waals surface area contributed by atoms with Crippen LogP contribution in [0, 0.1) is 6.92 Å². The largest absolute Gasteiger partial charge is 0.360 e. The first-order valence-corrected chi connectivity index (χ1v) is 11.1. The lowest BCUT2D eigenvalue weighted by Crippen LogP contribution is -2.13. The predicted molar refractivity (Wildman–Crippen MR) is 121 cm³/mol. The van der Waals surface area contributed by atoms with Gasteiger partial charge in [-0.3, -0.25) is 4.72 Å². The van der Waals surface area contributed by atoms with E-state index in [0.29, 0.717) is 5.76 Å². The molecular formula is C23H18N4O3S. The van der Waals surface area contributed by atoms with E-state index in [1.165, 1.54) is 6.07 Å². The number of para-hydroxylation sites is 2. The highest BCUT2D eigenvalue weighted by Gasteiger charge is 2.16. The summed E-state index contributed by atoms with van der Waals surface area (Å²) in [6.45, 7) is 1.69. The van der Waals surface area contributed by atoms with Crippen molar-refractivity contribution in [3.8, 4) is 0 Å². The Morgan fingerprint density at radius 2 is 1.45 bits per heavy atom. The molecule has 0 bridgehead atoms. The van der Waals surface area contributed by atoms with Crippen LogP contribution in [0.25, 0.3) is 21.8 Å². The molecule has 0 saturated carbocycles. The van der Waals surface area contributed by atoms with Gasteiger partial charge in [-0.05, 0) is 43.3 Å². The van der Waals surface area contributed by atoms with Gasteiger partial charge in [0.2, 0.25) is 0 Å². The molecule has 0 radical (unpaired) electrons. The molecule has 0 spiro atoms. The van der Waals surface area contributed by atoms with Crippen LogP contribution < -0.4 is 10.0 Å². The van der Waals surface area contributed by atoms with Crippen LogP contribution >= 0.6 is 0 Å². The second-order valence-electron chi connectivity index (χ2n) is 7.10. The molecule has 3 aromatic carbocycles. The summed E-state index contributed by atoms with van der Waals surface area (Å²) in [4.78, 5) is 4.85. The maximum atomic E-state index is 12.6. The first-order valence-electron chi connectivity index (χ1n) is 9.60. The van der Waals surface area contributed by atoms with Gasteiger partial charge in [-0.1, -0.05) is 41.6 Å². The molecule has 0 aliphatic carbocycles. The molecule has 0 aliphatic rings. The zero-order valence-corrected chi connectivity index (χ0v) is 17.3. The lowest BCUT2D eigenvalue weighted by atomic mass is 10.1. The number of aromatic nitrogens is 2. The van der Waals surface area contributed by atoms with Gasteiger partial charge >= 0.3 is 0 Å². The van der Waals surface area contributed by atoms with E-state index in [9.17, 15) is 8.42 Å². The molecule has 2 aromatic heterocycles. The molecule has 0 aliphatic heterocycles. The Bertz CT molecular complexity index is 1460. The Morgan fingerprint density at radius 1 is 0.839 bits per heavy atom. The number of benzene rings is 3. The summed E-state index contributed by atoms with van der Waals surface area (Å²) in [7, 11) is -3.77. The summed E-state index contributed by atoms with van der Waals surface area (Å²) in [6, 6.07) is 23.9. The molecule has 8 heteroatoms. The Labute approximate surface area is 178 Å². The topological polar surface area (TPSA) is 97.1 Å². The van der Waals surface area contributed by atoms with Crippen molar-refractivity contribution < 1.29 is 12.9 Å². The third-order valence-corrected chi connectivity index (χ3v) is 6.26. The zero-order chi connectivity index (χ0) is 21.4. The molecule has 7 nitrogen and oxygen atoms in total. The van der Waals surface area contributed by atoms with Crippen LogP contribution in [0.3, 0.4) is 0 Å². The summed E-state index contributed by atoms with van der Waals surface area (Å²) in [5.41, 5.74) is 3.45. The third kappa shape index (κ3) is 3.69. The summed E-state index contributed by atoms with van der Waals surface area (Å²) in [6.07, 6.45) is 0. The number of aryl methyl sites for hydroxylation is 1. The van der Waals surface area contributed by atoms with E-state index in [-0.39, 0.29) is 10.7 Å². The molecule has 5 aromatic rings. The van der Waals surface area contributed by atoms with Crippen molar-refractivity contribution in [2.24, 2.45) is 0 Å². The van der Waals surface area contributed by atoms with Gasteiger partial charge in [-0.25, -0.2) is 13.4 Å². The highest BCUT2D eigenvalue weighted by molar-refractivity contribution is 7.92. The molecule has 0 unspecified atom stereocenters. The van der Waals surface area contributed by atoms with Crippen molar-refractivity contribution in [3.05, 3.63) is 84.6 Å². The monoisotopic (exact) mass is 430 g/mol. The number of nitrogens with one attached hydrogen (secondary N) is 2. The van der Waals surface area contributed by atoms with Crippen LogP contribution in [0.15, 0.2) is 88.3 Å². The minimum absolute atomic E-state index is 0.128. The van der Waals surface area contributed by atoms with Crippen LogP contribution in [0.5, 0.6) is 0 Å². The van der Waals surface area contributed by atoms with E-state index in [1.807, 2.05) is 48.5 Å². The summed E-state index contributed by atoms with van der Waals surface area (Å²) in [5.74, 6) is 0.670. The van der Waals surface area contributed by atoms with E-state index in [1.54, 1.807) is 31.2 Å². The number of rotatable bonds is 5. The van der Waals surface area contributed by atoms with Crippen LogP contribution in [-0.2, 0) is 10.0 Å². The molecule has 0 saturated heterocycles. The molecule has 154 valence electrons. The highest BCUT2D eigenvalue weighted by Crippen LogP contribution is 2.33. The van der Waals surface area contributed by atoms with Gasteiger partial charge in [-0.2, -0.15) is 0 Å². The Hall–Kier alpha value is -3.91. The normalized spacial score (nSPS) is 11.6. The van der Waals surface area contributed by atoms with Gasteiger partial charge in [0.25, 0.3) is 10.0 Å². The Morgan fingerprint density at radius 3 is 2.03 bits per heavy atom. The van der Waals surface area contributed by atoms with Crippen molar-refractivity contribution in [2.45, 2.75) is 11.8 Å². The zero-order valence-electron chi connectivity index (χ0n) is 16.5. The van der Waals surface area contributed by atoms with Crippen molar-refractivity contribution in [1.29, 1.82) is 0 Å². The van der Waals surface area contributed by atoms with Crippen molar-refractivity contribution in [3.63, 3.8) is 0 Å². The number of hydrogen-bond acceptors (Lipinski definition) is 6. The van der Waals surface area contributed by atoms with Gasteiger partial charge in [0, 0.05) is 22.5 Å². The minimum Gasteiger partial charge on any atom is -0.360 e. The smallest absolute Gasteiger partial charge is 0.263 e. The van der Waals surface area contributed by atoms with Gasteiger partial charge in [0.15, 0.2) is 5.82 Å². The average molecular weight is 430 g/mol. The number of sulfonamides is 1. The first-order chi connectivity index (χ1) is 15.0. The van der Waals surface area contributed by atoms with E-state index in [2.05, 4.69) is 15.2 Å². The van der Waals surface area contributed by atoms with E-state index < -0.39 is 10.0 Å². The van der Waals surface area contributed by atoms with Gasteiger partial charge in [0.1, 0.15) is 5.76 Å². The van der Waals surface area contributed by atoms with Crippen molar-refractivity contribution >= 4 is 49.0 Å². The number of anilines is 3. The lowest BCUT2D eigenvalue weighted by Gasteiger charge is -2.14. The van der Waals surface area contributed by atoms with Gasteiger partial charge in [-0.15, -0.1) is 0 Å². The second kappa shape index (κ2) is 7.41. The maximum absolute atomic E-state index is 12.6. The van der Waals surface area contributed by atoms with Crippen LogP contribution in [0.4, 0.5) is 17.2 Å². The minimum atomic E-state index is -3.77. The number of fused-ring (bicyclic) bond motifs is 2. The van der Waals surface area contributed by atoms with E-state index >= 15 is 0 Å². The van der Waals surface area contributed by atoms with Crippen LogP contribution in [0.1, 0.15) is 5.76 Å². The van der Waals surface area contributed by atoms with Crippen molar-refractivity contribution in [1.82, 2.24) is 10.1 Å². The quantitative estimate of drug-likeness (QED) is 0.371. The number of hydrogen-bond donors (Lipinski definition) is 2. The third-order valence-electron chi connectivity index (χ3n) is 4.89. The molecule has 2 heterocycles. The Balaban J connectivity index is 1.49. The Kier molecular flexibility index (Phi) is 4.56. The average Bonchev–Trinajstić information content (AvgIpc) is 3.17. The fraction of sp³-hybridized carbons (Fsp3) is 0.0435. The van der Waals surface area contributed by atoms with Gasteiger partial charge in [0.05, 0.1) is 21.6 Å². The molecule has 0 amide bonds.